The van der Waals surface area contributed by atoms with Crippen LogP contribution >= 0.6 is 0 Å². The third-order valence-electron chi connectivity index (χ3n) is 4.73. The summed E-state index contributed by atoms with van der Waals surface area (Å²) >= 11 is 0. The molecule has 5 heteroatoms. The van der Waals surface area contributed by atoms with Gasteiger partial charge in [0, 0.05) is 18.3 Å². The lowest BCUT2D eigenvalue weighted by atomic mass is 10.2. The van der Waals surface area contributed by atoms with Crippen LogP contribution in [0.2, 0.25) is 0 Å². The van der Waals surface area contributed by atoms with Crippen molar-refractivity contribution in [3.63, 3.8) is 0 Å². The lowest BCUT2D eigenvalue weighted by Gasteiger charge is -2.15. The first-order valence-corrected chi connectivity index (χ1v) is 9.82. The molecule has 0 spiro atoms. The Morgan fingerprint density at radius 1 is 1.11 bits per heavy atom. The molecule has 2 aromatic rings. The Kier molecular flexibility index (Phi) is 7.50. The predicted octanol–water partition coefficient (Wildman–Crippen LogP) is 4.21. The van der Waals surface area contributed by atoms with Gasteiger partial charge < -0.3 is 19.7 Å². The number of rotatable bonds is 9. The summed E-state index contributed by atoms with van der Waals surface area (Å²) in [5, 5.41) is 2.82. The van der Waals surface area contributed by atoms with Crippen LogP contribution < -0.4 is 14.8 Å². The lowest BCUT2D eigenvalue weighted by Crippen LogP contribution is -2.21. The Labute approximate surface area is 167 Å². The number of benzene rings is 2. The first-order chi connectivity index (χ1) is 13.7. The molecule has 5 nitrogen and oxygen atoms in total. The molecule has 28 heavy (non-hydrogen) atoms. The van der Waals surface area contributed by atoms with Gasteiger partial charge in [-0.2, -0.15) is 0 Å². The van der Waals surface area contributed by atoms with E-state index in [-0.39, 0.29) is 5.91 Å². The van der Waals surface area contributed by atoms with E-state index in [1.807, 2.05) is 48.5 Å². The molecule has 1 saturated heterocycles. The molecule has 0 aliphatic carbocycles. The molecule has 0 aromatic heterocycles. The average Bonchev–Trinajstić information content (AvgIpc) is 3.24. The monoisotopic (exact) mass is 380 g/mol. The topological polar surface area (TPSA) is 50.8 Å². The van der Waals surface area contributed by atoms with Crippen molar-refractivity contribution in [2.24, 2.45) is 0 Å². The number of para-hydroxylation sites is 1. The highest BCUT2D eigenvalue weighted by Crippen LogP contribution is 2.28. The second-order valence-electron chi connectivity index (χ2n) is 6.85. The van der Waals surface area contributed by atoms with Gasteiger partial charge in [0.05, 0.1) is 13.7 Å². The van der Waals surface area contributed by atoms with E-state index >= 15 is 0 Å². The number of nitrogens with one attached hydrogen (secondary N) is 1. The van der Waals surface area contributed by atoms with Gasteiger partial charge >= 0.3 is 0 Å². The quantitative estimate of drug-likeness (QED) is 0.523. The molecule has 1 N–H and O–H groups in total. The summed E-state index contributed by atoms with van der Waals surface area (Å²) in [5.74, 6) is 1.23. The highest BCUT2D eigenvalue weighted by molar-refractivity contribution is 6.01. The zero-order chi connectivity index (χ0) is 19.6. The Bertz CT molecular complexity index is 784. The normalized spacial score (nSPS) is 14.3. The fourth-order valence-corrected chi connectivity index (χ4v) is 3.26. The number of carbonyl (C=O) groups excluding carboxylic acids is 1. The minimum Gasteiger partial charge on any atom is -0.493 e. The maximum absolute atomic E-state index is 12.0. The number of methoxy groups -OCH3 is 1. The Morgan fingerprint density at radius 3 is 2.64 bits per heavy atom. The highest BCUT2D eigenvalue weighted by Gasteiger charge is 2.11. The molecule has 1 aliphatic heterocycles. The summed E-state index contributed by atoms with van der Waals surface area (Å²) in [6.45, 7) is 4.17. The van der Waals surface area contributed by atoms with Gasteiger partial charge in [-0.1, -0.05) is 24.3 Å². The van der Waals surface area contributed by atoms with Crippen LogP contribution in [0.3, 0.4) is 0 Å². The molecule has 1 fully saturated rings. The van der Waals surface area contributed by atoms with Crippen molar-refractivity contribution in [3.05, 3.63) is 60.2 Å². The van der Waals surface area contributed by atoms with Crippen molar-refractivity contribution in [3.8, 4) is 11.5 Å². The Morgan fingerprint density at radius 2 is 1.89 bits per heavy atom. The van der Waals surface area contributed by atoms with Gasteiger partial charge in [0.25, 0.3) is 0 Å². The van der Waals surface area contributed by atoms with Crippen molar-refractivity contribution in [1.82, 2.24) is 4.90 Å². The fraction of sp³-hybridized carbons (Fsp3) is 0.348. The zero-order valence-electron chi connectivity index (χ0n) is 16.4. The van der Waals surface area contributed by atoms with E-state index < -0.39 is 0 Å². The molecule has 0 radical (unpaired) electrons. The average molecular weight is 380 g/mol. The summed E-state index contributed by atoms with van der Waals surface area (Å²) in [6.07, 6.45) is 6.90. The molecule has 0 unspecified atom stereocenters. The molecule has 3 rings (SSSR count). The zero-order valence-corrected chi connectivity index (χ0v) is 16.4. The SMILES string of the molecule is COc1cc(/C=C/C(=O)Nc2ccccc2)ccc1OCCCN1CCCC1. The molecule has 1 heterocycles. The molecule has 0 saturated carbocycles. The van der Waals surface area contributed by atoms with Crippen molar-refractivity contribution >= 4 is 17.7 Å². The summed E-state index contributed by atoms with van der Waals surface area (Å²) in [7, 11) is 1.63. The summed E-state index contributed by atoms with van der Waals surface area (Å²) in [5.41, 5.74) is 1.65. The number of carbonyl (C=O) groups is 1. The molecule has 0 bridgehead atoms. The van der Waals surface area contributed by atoms with E-state index in [2.05, 4.69) is 10.2 Å². The van der Waals surface area contributed by atoms with Gasteiger partial charge in [-0.15, -0.1) is 0 Å². The molecule has 1 amide bonds. The van der Waals surface area contributed by atoms with E-state index in [1.54, 1.807) is 13.2 Å². The van der Waals surface area contributed by atoms with Crippen LogP contribution in [0, 0.1) is 0 Å². The van der Waals surface area contributed by atoms with Gasteiger partial charge in [-0.05, 0) is 68.3 Å². The van der Waals surface area contributed by atoms with Gasteiger partial charge in [0.1, 0.15) is 0 Å². The predicted molar refractivity (Wildman–Crippen MR) is 113 cm³/mol. The minimum atomic E-state index is -0.174. The summed E-state index contributed by atoms with van der Waals surface area (Å²) in [4.78, 5) is 14.5. The van der Waals surface area contributed by atoms with Crippen molar-refractivity contribution < 1.29 is 14.3 Å². The number of amides is 1. The van der Waals surface area contributed by atoms with Crippen molar-refractivity contribution in [2.45, 2.75) is 19.3 Å². The molecule has 2 aromatic carbocycles. The van der Waals surface area contributed by atoms with E-state index in [4.69, 9.17) is 9.47 Å². The van der Waals surface area contributed by atoms with Gasteiger partial charge in [0.2, 0.25) is 5.91 Å². The van der Waals surface area contributed by atoms with Gasteiger partial charge in [-0.25, -0.2) is 0 Å². The third-order valence-corrected chi connectivity index (χ3v) is 4.73. The maximum Gasteiger partial charge on any atom is 0.248 e. The van der Waals surface area contributed by atoms with Crippen LogP contribution in [0.4, 0.5) is 5.69 Å². The number of likely N-dealkylation sites (tertiary alicyclic amines) is 1. The third kappa shape index (κ3) is 6.13. The summed E-state index contributed by atoms with van der Waals surface area (Å²) < 4.78 is 11.3. The van der Waals surface area contributed by atoms with E-state index in [0.29, 0.717) is 12.4 Å². The number of anilines is 1. The smallest absolute Gasteiger partial charge is 0.248 e. The molecule has 1 aliphatic rings. The lowest BCUT2D eigenvalue weighted by molar-refractivity contribution is -0.111. The van der Waals surface area contributed by atoms with E-state index in [1.165, 1.54) is 32.0 Å². The van der Waals surface area contributed by atoms with Crippen molar-refractivity contribution in [1.29, 1.82) is 0 Å². The molecular weight excluding hydrogens is 352 g/mol. The number of hydrogen-bond donors (Lipinski definition) is 1. The number of nitrogens with zero attached hydrogens (tertiary/aromatic N) is 1. The Balaban J connectivity index is 1.50. The van der Waals surface area contributed by atoms with Crippen LogP contribution in [-0.4, -0.2) is 44.2 Å². The van der Waals surface area contributed by atoms with Crippen molar-refractivity contribution in [2.75, 3.05) is 38.7 Å². The second kappa shape index (κ2) is 10.5. The number of ether oxygens (including phenoxy) is 2. The number of hydrogen-bond acceptors (Lipinski definition) is 4. The minimum absolute atomic E-state index is 0.174. The highest BCUT2D eigenvalue weighted by atomic mass is 16.5. The van der Waals surface area contributed by atoms with Crippen LogP contribution in [-0.2, 0) is 4.79 Å². The molecule has 148 valence electrons. The largest absolute Gasteiger partial charge is 0.493 e. The second-order valence-corrected chi connectivity index (χ2v) is 6.85. The van der Waals surface area contributed by atoms with E-state index in [0.717, 1.165) is 30.0 Å². The first-order valence-electron chi connectivity index (χ1n) is 9.82. The van der Waals surface area contributed by atoms with Gasteiger partial charge in [0.15, 0.2) is 11.5 Å². The standard InChI is InChI=1S/C23H28N2O3/c1-27-22-18-19(11-13-23(26)24-20-8-3-2-4-9-20)10-12-21(22)28-17-7-16-25-14-5-6-15-25/h2-4,8-13,18H,5-7,14-17H2,1H3,(H,24,26)/b13-11+. The molecular formula is C23H28N2O3. The van der Waals surface area contributed by atoms with Crippen LogP contribution in [0.5, 0.6) is 11.5 Å². The summed E-state index contributed by atoms with van der Waals surface area (Å²) in [6, 6.07) is 15.1. The molecule has 0 atom stereocenters. The van der Waals surface area contributed by atoms with Crippen LogP contribution in [0.15, 0.2) is 54.6 Å². The van der Waals surface area contributed by atoms with Gasteiger partial charge in [-0.3, -0.25) is 4.79 Å². The fourth-order valence-electron chi connectivity index (χ4n) is 3.26. The van der Waals surface area contributed by atoms with Crippen LogP contribution in [0.1, 0.15) is 24.8 Å². The van der Waals surface area contributed by atoms with Crippen LogP contribution in [0.25, 0.3) is 6.08 Å². The van der Waals surface area contributed by atoms with E-state index in [9.17, 15) is 4.79 Å². The first kappa shape index (κ1) is 20.0. The Hall–Kier alpha value is -2.79. The maximum atomic E-state index is 12.0.